The molecule has 1 heterocycles. The van der Waals surface area contributed by atoms with Gasteiger partial charge in [-0.3, -0.25) is 0 Å². The highest BCUT2D eigenvalue weighted by Crippen LogP contribution is 2.36. The van der Waals surface area contributed by atoms with Gasteiger partial charge in [-0.1, -0.05) is 37.5 Å². The highest BCUT2D eigenvalue weighted by molar-refractivity contribution is 5.90. The first-order valence-electron chi connectivity index (χ1n) is 10.6. The minimum absolute atomic E-state index is 0.00929. The van der Waals surface area contributed by atoms with Crippen molar-refractivity contribution in [1.82, 2.24) is 15.1 Å². The molecule has 0 atom stereocenters. The summed E-state index contributed by atoms with van der Waals surface area (Å²) in [5, 5.41) is 5.84. The number of nitrogens with one attached hydrogen (secondary N) is 2. The minimum atomic E-state index is -4.24. The van der Waals surface area contributed by atoms with Crippen LogP contribution in [0.5, 0.6) is 0 Å². The van der Waals surface area contributed by atoms with Gasteiger partial charge in [-0.15, -0.1) is 0 Å². The molecule has 0 spiro atoms. The highest BCUT2D eigenvalue weighted by Gasteiger charge is 2.38. The summed E-state index contributed by atoms with van der Waals surface area (Å²) in [6.45, 7) is 2.01. The molecule has 5 nitrogen and oxygen atoms in total. The van der Waals surface area contributed by atoms with Gasteiger partial charge in [-0.2, -0.15) is 13.2 Å². The van der Waals surface area contributed by atoms with Crippen LogP contribution in [0.4, 0.5) is 23.7 Å². The second-order valence-electron chi connectivity index (χ2n) is 7.95. The summed E-state index contributed by atoms with van der Waals surface area (Å²) < 4.78 is 37.9. The summed E-state index contributed by atoms with van der Waals surface area (Å²) in [4.78, 5) is 14.9. The number of nitrogens with zero attached hydrogens (tertiary/aromatic N) is 2. The third kappa shape index (κ3) is 6.60. The Labute approximate surface area is 170 Å². The maximum absolute atomic E-state index is 12.6. The molecule has 2 aliphatic rings. The Hall–Kier alpha value is -1.80. The van der Waals surface area contributed by atoms with Crippen molar-refractivity contribution in [2.75, 3.05) is 44.6 Å². The van der Waals surface area contributed by atoms with Crippen molar-refractivity contribution < 1.29 is 18.0 Å². The van der Waals surface area contributed by atoms with Gasteiger partial charge in [0.15, 0.2) is 0 Å². The van der Waals surface area contributed by atoms with Gasteiger partial charge in [0.1, 0.15) is 0 Å². The van der Waals surface area contributed by atoms with Crippen molar-refractivity contribution in [3.63, 3.8) is 0 Å². The van der Waals surface area contributed by atoms with E-state index in [1.165, 1.54) is 37.7 Å². The van der Waals surface area contributed by atoms with E-state index in [2.05, 4.69) is 16.7 Å². The van der Waals surface area contributed by atoms with Crippen LogP contribution in [0.3, 0.4) is 0 Å². The monoisotopic (exact) mass is 412 g/mol. The zero-order chi connectivity index (χ0) is 20.7. The number of benzene rings is 1. The van der Waals surface area contributed by atoms with Crippen LogP contribution in [0.25, 0.3) is 0 Å². The Morgan fingerprint density at radius 2 is 1.72 bits per heavy atom. The number of halogens is 3. The van der Waals surface area contributed by atoms with E-state index in [-0.39, 0.29) is 19.1 Å². The zero-order valence-electron chi connectivity index (χ0n) is 16.8. The summed E-state index contributed by atoms with van der Waals surface area (Å²) in [5.74, 6) is 0.510. The fraction of sp³-hybridized carbons (Fsp3) is 0.667. The summed E-state index contributed by atoms with van der Waals surface area (Å²) in [6, 6.07) is 7.78. The minimum Gasteiger partial charge on any atom is -0.338 e. The smallest absolute Gasteiger partial charge is 0.338 e. The van der Waals surface area contributed by atoms with Crippen LogP contribution in [0.2, 0.25) is 0 Å². The number of hydrogen-bond donors (Lipinski definition) is 2. The number of carbonyl (C=O) groups is 1. The van der Waals surface area contributed by atoms with Gasteiger partial charge < -0.3 is 15.5 Å². The average molecular weight is 413 g/mol. The number of hydrogen-bond acceptors (Lipinski definition) is 3. The lowest BCUT2D eigenvalue weighted by Crippen LogP contribution is -2.52. The fourth-order valence-corrected chi connectivity index (χ4v) is 4.28. The lowest BCUT2D eigenvalue weighted by atomic mass is 9.83. The number of urea groups is 1. The summed E-state index contributed by atoms with van der Waals surface area (Å²) >= 11 is 0. The van der Waals surface area contributed by atoms with Crippen LogP contribution < -0.4 is 10.6 Å². The molecule has 1 aromatic rings. The van der Waals surface area contributed by atoms with Crippen molar-refractivity contribution >= 4 is 11.7 Å². The van der Waals surface area contributed by atoms with Crippen molar-refractivity contribution in [2.45, 2.75) is 50.7 Å². The number of carbonyl (C=O) groups excluding carboxylic acids is 1. The Morgan fingerprint density at radius 3 is 2.41 bits per heavy atom. The first-order chi connectivity index (χ1) is 13.9. The summed E-state index contributed by atoms with van der Waals surface area (Å²) in [6.07, 6.45) is 2.58. The Kier molecular flexibility index (Phi) is 7.77. The third-order valence-corrected chi connectivity index (χ3v) is 5.92. The fourth-order valence-electron chi connectivity index (χ4n) is 4.28. The van der Waals surface area contributed by atoms with Crippen LogP contribution in [0, 0.1) is 0 Å². The molecule has 29 heavy (non-hydrogen) atoms. The lowest BCUT2D eigenvalue weighted by molar-refractivity contribution is -0.252. The van der Waals surface area contributed by atoms with Crippen molar-refractivity contribution in [3.8, 4) is 0 Å². The molecule has 8 heteroatoms. The normalized spacial score (nSPS) is 19.8. The van der Waals surface area contributed by atoms with Crippen LogP contribution in [0.1, 0.15) is 50.0 Å². The Morgan fingerprint density at radius 1 is 1.03 bits per heavy atom. The van der Waals surface area contributed by atoms with Crippen LogP contribution >= 0.6 is 0 Å². The average Bonchev–Trinajstić information content (AvgIpc) is 2.72. The second-order valence-corrected chi connectivity index (χ2v) is 7.95. The van der Waals surface area contributed by atoms with Gasteiger partial charge in [0.05, 0.1) is 0 Å². The Balaban J connectivity index is 1.37. The number of piperazine rings is 1. The van der Waals surface area contributed by atoms with Crippen LogP contribution in [0.15, 0.2) is 24.3 Å². The van der Waals surface area contributed by atoms with E-state index in [4.69, 9.17) is 0 Å². The molecule has 2 N–H and O–H groups in total. The number of rotatable bonds is 6. The summed E-state index contributed by atoms with van der Waals surface area (Å²) in [5.41, 5.74) is 2.09. The number of alkyl halides is 3. The molecule has 1 aromatic carbocycles. The largest absolute Gasteiger partial charge is 0.460 e. The van der Waals surface area contributed by atoms with E-state index < -0.39 is 6.30 Å². The van der Waals surface area contributed by atoms with Gasteiger partial charge in [-0.05, 0) is 43.4 Å². The van der Waals surface area contributed by atoms with E-state index in [1.807, 2.05) is 23.1 Å². The molecule has 0 bridgehead atoms. The molecule has 2 amide bonds. The van der Waals surface area contributed by atoms with E-state index in [0.29, 0.717) is 43.4 Å². The van der Waals surface area contributed by atoms with Crippen molar-refractivity contribution in [2.24, 2.45) is 0 Å². The zero-order valence-corrected chi connectivity index (χ0v) is 16.8. The molecule has 3 rings (SSSR count). The number of amides is 2. The van der Waals surface area contributed by atoms with Gasteiger partial charge in [0.2, 0.25) is 0 Å². The maximum atomic E-state index is 12.6. The molecule has 1 saturated heterocycles. The van der Waals surface area contributed by atoms with Gasteiger partial charge in [-0.25, -0.2) is 9.69 Å². The van der Waals surface area contributed by atoms with Crippen molar-refractivity contribution in [1.29, 1.82) is 0 Å². The van der Waals surface area contributed by atoms with E-state index in [1.54, 1.807) is 0 Å². The quantitative estimate of drug-likeness (QED) is 0.538. The SMILES string of the molecule is O=C(NCCCN1CCN(C(F)(F)F)CC1)Nc1ccccc1C1CCCCC1. The van der Waals surface area contributed by atoms with Gasteiger partial charge in [0, 0.05) is 38.4 Å². The van der Waals surface area contributed by atoms with Crippen LogP contribution in [-0.2, 0) is 0 Å². The first kappa shape index (κ1) is 21.9. The van der Waals surface area contributed by atoms with Gasteiger partial charge >= 0.3 is 12.3 Å². The number of anilines is 1. The summed E-state index contributed by atoms with van der Waals surface area (Å²) in [7, 11) is 0. The lowest BCUT2D eigenvalue weighted by Gasteiger charge is -2.35. The molecule has 1 aliphatic heterocycles. The number of para-hydroxylation sites is 1. The topological polar surface area (TPSA) is 47.6 Å². The maximum Gasteiger partial charge on any atom is 0.460 e. The third-order valence-electron chi connectivity index (χ3n) is 5.92. The highest BCUT2D eigenvalue weighted by atomic mass is 19.4. The van der Waals surface area contributed by atoms with E-state index >= 15 is 0 Å². The van der Waals surface area contributed by atoms with Crippen molar-refractivity contribution in [3.05, 3.63) is 29.8 Å². The van der Waals surface area contributed by atoms with Crippen LogP contribution in [-0.4, -0.2) is 61.4 Å². The molecule has 1 saturated carbocycles. The Bertz CT molecular complexity index is 654. The van der Waals surface area contributed by atoms with E-state index in [9.17, 15) is 18.0 Å². The molecule has 0 unspecified atom stereocenters. The molecular formula is C21H31F3N4O. The van der Waals surface area contributed by atoms with E-state index in [0.717, 1.165) is 5.69 Å². The molecule has 162 valence electrons. The predicted molar refractivity (Wildman–Crippen MR) is 108 cm³/mol. The first-order valence-corrected chi connectivity index (χ1v) is 10.6. The standard InChI is InChI=1S/C21H31F3N4O/c22-21(23,24)28-15-13-27(14-16-28)12-6-11-25-20(29)26-19-10-5-4-9-18(19)17-7-2-1-3-8-17/h4-5,9-10,17H,1-3,6-8,11-16H2,(H2,25,26,29). The molecule has 2 fully saturated rings. The molecule has 0 radical (unpaired) electrons. The van der Waals surface area contributed by atoms with Gasteiger partial charge in [0.25, 0.3) is 0 Å². The molecule has 0 aromatic heterocycles. The predicted octanol–water partition coefficient (Wildman–Crippen LogP) is 4.38. The second kappa shape index (κ2) is 10.3. The molecule has 1 aliphatic carbocycles. The molecular weight excluding hydrogens is 381 g/mol.